The molecule has 0 bridgehead atoms. The number of pyridine rings is 1. The topological polar surface area (TPSA) is 74.7 Å². The molecule has 2 N–H and O–H groups in total. The number of nitrogens with one attached hydrogen (secondary N) is 1. The number of nitrogens with zero attached hydrogens (tertiary/aromatic N) is 2. The van der Waals surface area contributed by atoms with Gasteiger partial charge in [0, 0.05) is 23.6 Å². The summed E-state index contributed by atoms with van der Waals surface area (Å²) in [6.07, 6.45) is 7.71. The van der Waals surface area contributed by atoms with Gasteiger partial charge in [0.1, 0.15) is 11.9 Å². The van der Waals surface area contributed by atoms with E-state index in [9.17, 15) is 10.0 Å². The first-order chi connectivity index (χ1) is 17.2. The number of amides is 1. The van der Waals surface area contributed by atoms with Crippen LogP contribution in [0.2, 0.25) is 0 Å². The number of anilines is 1. The van der Waals surface area contributed by atoms with Gasteiger partial charge in [-0.05, 0) is 47.0 Å². The van der Waals surface area contributed by atoms with Crippen LogP contribution in [0.5, 0.6) is 5.75 Å². The molecule has 6 nitrogen and oxygen atoms in total. The van der Waals surface area contributed by atoms with Crippen molar-refractivity contribution in [2.75, 3.05) is 18.0 Å². The van der Waals surface area contributed by atoms with Crippen LogP contribution in [0.1, 0.15) is 21.5 Å². The second-order valence-corrected chi connectivity index (χ2v) is 8.34. The fraction of sp³-hybridized carbons (Fsp3) is 0.103. The zero-order valence-electron chi connectivity index (χ0n) is 19.0. The van der Waals surface area contributed by atoms with Crippen molar-refractivity contribution in [2.45, 2.75) is 6.10 Å². The van der Waals surface area contributed by atoms with E-state index in [2.05, 4.69) is 9.88 Å². The van der Waals surface area contributed by atoms with Gasteiger partial charge >= 0.3 is 0 Å². The smallest absolute Gasteiger partial charge is 0.275 e. The third kappa shape index (κ3) is 5.08. The maximum atomic E-state index is 12.3. The second-order valence-electron chi connectivity index (χ2n) is 8.34. The highest BCUT2D eigenvalue weighted by Crippen LogP contribution is 2.37. The molecule has 1 aliphatic heterocycles. The van der Waals surface area contributed by atoms with E-state index < -0.39 is 5.91 Å². The van der Waals surface area contributed by atoms with Crippen LogP contribution in [0, 0.1) is 0 Å². The normalized spacial score (nSPS) is 13.5. The van der Waals surface area contributed by atoms with E-state index in [1.165, 1.54) is 0 Å². The van der Waals surface area contributed by atoms with Crippen molar-refractivity contribution in [3.63, 3.8) is 0 Å². The molecular formula is C29H25N3O3. The molecule has 4 aromatic rings. The van der Waals surface area contributed by atoms with Gasteiger partial charge < -0.3 is 9.64 Å². The largest absolute Gasteiger partial charge is 0.487 e. The molecule has 6 heteroatoms. The van der Waals surface area contributed by atoms with Gasteiger partial charge in [0.25, 0.3) is 5.91 Å². The monoisotopic (exact) mass is 463 g/mol. The number of carbonyl (C=O) groups excluding carboxylic acids is 1. The van der Waals surface area contributed by atoms with E-state index in [0.29, 0.717) is 18.7 Å². The van der Waals surface area contributed by atoms with E-state index in [-0.39, 0.29) is 6.10 Å². The van der Waals surface area contributed by atoms with E-state index in [4.69, 9.17) is 4.74 Å². The van der Waals surface area contributed by atoms with Crippen molar-refractivity contribution in [1.82, 2.24) is 10.5 Å². The van der Waals surface area contributed by atoms with Crippen LogP contribution in [0.4, 0.5) is 5.69 Å². The van der Waals surface area contributed by atoms with E-state index in [1.54, 1.807) is 17.7 Å². The molecule has 1 saturated heterocycles. The zero-order valence-corrected chi connectivity index (χ0v) is 19.0. The van der Waals surface area contributed by atoms with Crippen molar-refractivity contribution in [1.29, 1.82) is 0 Å². The van der Waals surface area contributed by atoms with Gasteiger partial charge in [-0.2, -0.15) is 0 Å². The number of rotatable bonds is 7. The number of aromatic nitrogens is 1. The number of carbonyl (C=O) groups is 1. The Labute approximate surface area is 204 Å². The minimum Gasteiger partial charge on any atom is -0.487 e. The Hall–Kier alpha value is -4.42. The Kier molecular flexibility index (Phi) is 6.55. The zero-order chi connectivity index (χ0) is 24.0. The first kappa shape index (κ1) is 22.4. The Morgan fingerprint density at radius 2 is 1.69 bits per heavy atom. The van der Waals surface area contributed by atoms with Crippen molar-refractivity contribution in [3.8, 4) is 16.9 Å². The lowest BCUT2D eigenvalue weighted by molar-refractivity contribution is 0.0707. The average molecular weight is 464 g/mol. The van der Waals surface area contributed by atoms with Crippen LogP contribution in [-0.2, 0) is 0 Å². The van der Waals surface area contributed by atoms with Crippen LogP contribution >= 0.6 is 0 Å². The summed E-state index contributed by atoms with van der Waals surface area (Å²) >= 11 is 0. The number of hydroxylamine groups is 1. The van der Waals surface area contributed by atoms with E-state index >= 15 is 0 Å². The van der Waals surface area contributed by atoms with Crippen molar-refractivity contribution in [2.24, 2.45) is 0 Å². The van der Waals surface area contributed by atoms with Gasteiger partial charge in [0.15, 0.2) is 0 Å². The number of benzene rings is 3. The lowest BCUT2D eigenvalue weighted by atomic mass is 9.95. The van der Waals surface area contributed by atoms with Gasteiger partial charge in [-0.1, -0.05) is 66.7 Å². The second kappa shape index (κ2) is 10.2. The summed E-state index contributed by atoms with van der Waals surface area (Å²) < 4.78 is 6.17. The van der Waals surface area contributed by atoms with Crippen LogP contribution in [0.25, 0.3) is 23.3 Å². The summed E-state index contributed by atoms with van der Waals surface area (Å²) in [5, 5.41) is 9.24. The molecule has 0 saturated carbocycles. The summed E-state index contributed by atoms with van der Waals surface area (Å²) in [6.45, 7) is 1.40. The van der Waals surface area contributed by atoms with Gasteiger partial charge in [-0.25, -0.2) is 5.48 Å². The Morgan fingerprint density at radius 3 is 2.40 bits per heavy atom. The molecule has 0 unspecified atom stereocenters. The maximum absolute atomic E-state index is 12.3. The summed E-state index contributed by atoms with van der Waals surface area (Å²) in [7, 11) is 0. The van der Waals surface area contributed by atoms with Gasteiger partial charge in [0.2, 0.25) is 0 Å². The first-order valence-electron chi connectivity index (χ1n) is 11.4. The summed E-state index contributed by atoms with van der Waals surface area (Å²) in [4.78, 5) is 18.6. The number of ether oxygens (including phenoxy) is 1. The molecule has 174 valence electrons. The van der Waals surface area contributed by atoms with E-state index in [0.717, 1.165) is 33.7 Å². The molecule has 35 heavy (non-hydrogen) atoms. The highest BCUT2D eigenvalue weighted by atomic mass is 16.5. The quantitative estimate of drug-likeness (QED) is 0.287. The molecule has 0 radical (unpaired) electrons. The minimum absolute atomic E-state index is 0.0470. The van der Waals surface area contributed by atoms with Crippen molar-refractivity contribution in [3.05, 3.63) is 114 Å². The number of hydrogen-bond acceptors (Lipinski definition) is 5. The Balaban J connectivity index is 1.26. The fourth-order valence-electron chi connectivity index (χ4n) is 4.19. The molecule has 1 fully saturated rings. The lowest BCUT2D eigenvalue weighted by Gasteiger charge is -2.42. The van der Waals surface area contributed by atoms with Crippen LogP contribution in [0.3, 0.4) is 0 Å². The highest BCUT2D eigenvalue weighted by Gasteiger charge is 2.31. The summed E-state index contributed by atoms with van der Waals surface area (Å²) in [5.41, 5.74) is 6.98. The molecule has 5 rings (SSSR count). The third-order valence-corrected chi connectivity index (χ3v) is 5.98. The molecule has 0 spiro atoms. The predicted octanol–water partition coefficient (Wildman–Crippen LogP) is 5.31. The molecule has 1 amide bonds. The number of hydrogen-bond donors (Lipinski definition) is 2. The van der Waals surface area contributed by atoms with Crippen molar-refractivity contribution < 1.29 is 14.7 Å². The maximum Gasteiger partial charge on any atom is 0.275 e. The van der Waals surface area contributed by atoms with Crippen LogP contribution in [-0.4, -0.2) is 35.3 Å². The Bertz CT molecular complexity index is 1320. The molecule has 1 aliphatic rings. The standard InChI is InChI=1S/C29H25N3O3/c33-29(31-34)26-9-4-10-27(28(26)23-7-2-1-3-8-23)32-19-25(20-32)35-24-15-13-21(14-16-24)11-12-22-6-5-17-30-18-22/h1-18,25,34H,19-20H2,(H,31,33)/b12-11+. The van der Waals surface area contributed by atoms with Gasteiger partial charge in [-0.3, -0.25) is 15.0 Å². The summed E-state index contributed by atoms with van der Waals surface area (Å²) in [6, 6.07) is 27.2. The van der Waals surface area contributed by atoms with Crippen LogP contribution in [0.15, 0.2) is 97.3 Å². The molecule has 3 aromatic carbocycles. The third-order valence-electron chi connectivity index (χ3n) is 5.98. The first-order valence-corrected chi connectivity index (χ1v) is 11.4. The van der Waals surface area contributed by atoms with Crippen molar-refractivity contribution >= 4 is 23.7 Å². The van der Waals surface area contributed by atoms with Gasteiger partial charge in [-0.15, -0.1) is 0 Å². The molecule has 2 heterocycles. The van der Waals surface area contributed by atoms with Crippen LogP contribution < -0.4 is 15.1 Å². The summed E-state index contributed by atoms with van der Waals surface area (Å²) in [5.74, 6) is 0.293. The highest BCUT2D eigenvalue weighted by molar-refractivity contribution is 6.03. The average Bonchev–Trinajstić information content (AvgIpc) is 2.90. The molecule has 0 aliphatic carbocycles. The fourth-order valence-corrected chi connectivity index (χ4v) is 4.19. The molecule has 1 aromatic heterocycles. The Morgan fingerprint density at radius 1 is 0.914 bits per heavy atom. The molecule has 0 atom stereocenters. The lowest BCUT2D eigenvalue weighted by Crippen LogP contribution is -2.54. The van der Waals surface area contributed by atoms with Gasteiger partial charge in [0.05, 0.1) is 18.7 Å². The minimum atomic E-state index is -0.531. The predicted molar refractivity (Wildman–Crippen MR) is 137 cm³/mol. The van der Waals surface area contributed by atoms with E-state index in [1.807, 2.05) is 97.2 Å². The molecular weight excluding hydrogens is 438 g/mol. The SMILES string of the molecule is O=C(NO)c1cccc(N2CC(Oc3ccc(/C=C/c4cccnc4)cc3)C2)c1-c1ccccc1.